The van der Waals surface area contributed by atoms with Gasteiger partial charge in [-0.1, -0.05) is 20.8 Å². The lowest BCUT2D eigenvalue weighted by Crippen LogP contribution is -2.52. The molecule has 0 aromatic heterocycles. The maximum absolute atomic E-state index is 9.93. The molecule has 0 amide bonds. The van der Waals surface area contributed by atoms with Crippen molar-refractivity contribution in [1.29, 1.82) is 0 Å². The van der Waals surface area contributed by atoms with E-state index in [0.717, 1.165) is 12.8 Å². The lowest BCUT2D eigenvalue weighted by atomic mass is 9.70. The molecule has 21 heavy (non-hydrogen) atoms. The first-order valence-electron chi connectivity index (χ1n) is 8.06. The molecule has 4 nitrogen and oxygen atoms in total. The zero-order chi connectivity index (χ0) is 15.6. The van der Waals surface area contributed by atoms with E-state index in [4.69, 9.17) is 14.2 Å². The second-order valence-electron chi connectivity index (χ2n) is 7.72. The van der Waals surface area contributed by atoms with Crippen LogP contribution in [0.3, 0.4) is 0 Å². The van der Waals surface area contributed by atoms with Crippen LogP contribution in [0.4, 0.5) is 0 Å². The summed E-state index contributed by atoms with van der Waals surface area (Å²) in [6.07, 6.45) is 3.55. The van der Waals surface area contributed by atoms with Crippen molar-refractivity contribution in [1.82, 2.24) is 0 Å². The van der Waals surface area contributed by atoms with Crippen LogP contribution in [0.2, 0.25) is 0 Å². The van der Waals surface area contributed by atoms with Crippen LogP contribution >= 0.6 is 0 Å². The van der Waals surface area contributed by atoms with Crippen molar-refractivity contribution in [2.45, 2.75) is 78.5 Å². The molecule has 120 valence electrons. The predicted octanol–water partition coefficient (Wildman–Crippen LogP) is 3.77. The number of hydrogen-bond donors (Lipinski definition) is 1. The Hall–Kier alpha value is -0.740. The van der Waals surface area contributed by atoms with E-state index in [2.05, 4.69) is 20.8 Å². The fourth-order valence-electron chi connectivity index (χ4n) is 4.81. The van der Waals surface area contributed by atoms with Crippen LogP contribution in [0.25, 0.3) is 0 Å². The van der Waals surface area contributed by atoms with E-state index in [1.54, 1.807) is 13.0 Å². The average molecular weight is 296 g/mol. The molecular weight excluding hydrogens is 268 g/mol. The van der Waals surface area contributed by atoms with E-state index < -0.39 is 5.79 Å². The number of rotatable bonds is 2. The SMILES string of the molecule is C/C=C(\O)O[C@@H]1C2(O[C@@H](C)[C@@H](C)O2)[C@H]2CC[C@]1(C)C2(C)C. The molecule has 6 atom stereocenters. The van der Waals surface area contributed by atoms with Gasteiger partial charge in [-0.3, -0.25) is 0 Å². The van der Waals surface area contributed by atoms with Gasteiger partial charge in [0.2, 0.25) is 5.79 Å². The zero-order valence-electron chi connectivity index (χ0n) is 14.0. The normalized spacial score (nSPS) is 51.8. The quantitative estimate of drug-likeness (QED) is 0.788. The molecule has 0 aromatic rings. The van der Waals surface area contributed by atoms with Crippen molar-refractivity contribution >= 4 is 0 Å². The molecule has 2 saturated carbocycles. The fourth-order valence-corrected chi connectivity index (χ4v) is 4.81. The van der Waals surface area contributed by atoms with Gasteiger partial charge in [-0.25, -0.2) is 0 Å². The molecule has 1 heterocycles. The molecule has 1 unspecified atom stereocenters. The first-order chi connectivity index (χ1) is 9.69. The summed E-state index contributed by atoms with van der Waals surface area (Å²) < 4.78 is 18.6. The third-order valence-corrected chi connectivity index (χ3v) is 6.61. The van der Waals surface area contributed by atoms with Crippen molar-refractivity contribution < 1.29 is 19.3 Å². The number of aliphatic hydroxyl groups is 1. The molecule has 0 radical (unpaired) electrons. The second kappa shape index (κ2) is 4.39. The highest BCUT2D eigenvalue weighted by Crippen LogP contribution is 2.72. The molecule has 1 saturated heterocycles. The predicted molar refractivity (Wildman–Crippen MR) is 79.7 cm³/mol. The van der Waals surface area contributed by atoms with Gasteiger partial charge >= 0.3 is 0 Å². The monoisotopic (exact) mass is 296 g/mol. The molecule has 2 bridgehead atoms. The smallest absolute Gasteiger partial charge is 0.272 e. The van der Waals surface area contributed by atoms with Crippen molar-refractivity contribution in [2.75, 3.05) is 0 Å². The van der Waals surface area contributed by atoms with Crippen molar-refractivity contribution in [3.8, 4) is 0 Å². The van der Waals surface area contributed by atoms with Gasteiger partial charge in [0.1, 0.15) is 0 Å². The largest absolute Gasteiger partial charge is 0.481 e. The van der Waals surface area contributed by atoms with Crippen LogP contribution in [-0.4, -0.2) is 29.2 Å². The van der Waals surface area contributed by atoms with Crippen LogP contribution in [0.15, 0.2) is 12.0 Å². The molecule has 1 aliphatic heterocycles. The summed E-state index contributed by atoms with van der Waals surface area (Å²) in [5, 5.41) is 9.93. The maximum atomic E-state index is 9.93. The Kier molecular flexibility index (Phi) is 3.17. The number of aliphatic hydroxyl groups excluding tert-OH is 1. The topological polar surface area (TPSA) is 47.9 Å². The number of allylic oxidation sites excluding steroid dienone is 1. The third kappa shape index (κ3) is 1.69. The summed E-state index contributed by atoms with van der Waals surface area (Å²) in [5.74, 6) is -0.479. The number of ether oxygens (including phenoxy) is 3. The van der Waals surface area contributed by atoms with Gasteiger partial charge in [0.05, 0.1) is 12.2 Å². The molecule has 4 heteroatoms. The summed E-state index contributed by atoms with van der Waals surface area (Å²) in [7, 11) is 0. The Morgan fingerprint density at radius 3 is 2.29 bits per heavy atom. The highest BCUT2D eigenvalue weighted by Gasteiger charge is 2.78. The van der Waals surface area contributed by atoms with Crippen molar-refractivity contribution in [3.05, 3.63) is 12.0 Å². The van der Waals surface area contributed by atoms with Crippen LogP contribution in [0.5, 0.6) is 0 Å². The molecule has 0 aromatic carbocycles. The van der Waals surface area contributed by atoms with Gasteiger partial charge < -0.3 is 19.3 Å². The van der Waals surface area contributed by atoms with Gasteiger partial charge in [-0.2, -0.15) is 0 Å². The highest BCUT2D eigenvalue weighted by atomic mass is 16.8. The Bertz CT molecular complexity index is 459. The summed E-state index contributed by atoms with van der Waals surface area (Å²) in [5.41, 5.74) is -0.0199. The average Bonchev–Trinajstić information content (AvgIpc) is 2.86. The summed E-state index contributed by atoms with van der Waals surface area (Å²) >= 11 is 0. The van der Waals surface area contributed by atoms with Crippen LogP contribution < -0.4 is 0 Å². The van der Waals surface area contributed by atoms with E-state index in [9.17, 15) is 5.11 Å². The Balaban J connectivity index is 2.05. The van der Waals surface area contributed by atoms with E-state index >= 15 is 0 Å². The zero-order valence-corrected chi connectivity index (χ0v) is 14.0. The van der Waals surface area contributed by atoms with E-state index in [1.807, 2.05) is 13.8 Å². The van der Waals surface area contributed by atoms with Gasteiger partial charge in [-0.05, 0) is 45.1 Å². The lowest BCUT2D eigenvalue weighted by Gasteiger charge is -2.42. The van der Waals surface area contributed by atoms with Crippen molar-refractivity contribution in [2.24, 2.45) is 16.7 Å². The van der Waals surface area contributed by atoms with E-state index in [1.165, 1.54) is 0 Å². The van der Waals surface area contributed by atoms with Crippen LogP contribution in [0.1, 0.15) is 54.4 Å². The number of fused-ring (bicyclic) bond motifs is 3. The van der Waals surface area contributed by atoms with Gasteiger partial charge in [0.25, 0.3) is 5.95 Å². The minimum absolute atomic E-state index is 0.0386. The number of hydrogen-bond acceptors (Lipinski definition) is 4. The van der Waals surface area contributed by atoms with Gasteiger partial charge in [0.15, 0.2) is 6.10 Å². The standard InChI is InChI=1S/C17H28O4/c1-7-13(18)19-14-16(6)9-8-12(15(16,4)5)17(14)20-10(2)11(3)21-17/h7,10-12,14,18H,8-9H2,1-6H3/b13-7+/t10-,11+,12-,14-,16-,17?/m0/s1. The van der Waals surface area contributed by atoms with E-state index in [0.29, 0.717) is 0 Å². The summed E-state index contributed by atoms with van der Waals surface area (Å²) in [6, 6.07) is 0. The second-order valence-corrected chi connectivity index (χ2v) is 7.72. The maximum Gasteiger partial charge on any atom is 0.272 e. The Morgan fingerprint density at radius 2 is 1.76 bits per heavy atom. The minimum atomic E-state index is -0.730. The highest BCUT2D eigenvalue weighted by molar-refractivity contribution is 5.21. The molecular formula is C17H28O4. The molecule has 3 aliphatic rings. The summed E-state index contributed by atoms with van der Waals surface area (Å²) in [4.78, 5) is 0. The first kappa shape index (κ1) is 15.2. The molecule has 1 N–H and O–H groups in total. The molecule has 3 rings (SSSR count). The molecule has 3 fully saturated rings. The Labute approximate surface area is 127 Å². The van der Waals surface area contributed by atoms with Gasteiger partial charge in [0, 0.05) is 11.3 Å². The minimum Gasteiger partial charge on any atom is -0.481 e. The fraction of sp³-hybridized carbons (Fsp3) is 0.882. The molecule has 1 spiro atoms. The van der Waals surface area contributed by atoms with Crippen LogP contribution in [-0.2, 0) is 14.2 Å². The summed E-state index contributed by atoms with van der Waals surface area (Å²) in [6.45, 7) is 12.7. The third-order valence-electron chi connectivity index (χ3n) is 6.61. The first-order valence-corrected chi connectivity index (χ1v) is 8.06. The van der Waals surface area contributed by atoms with E-state index in [-0.39, 0.29) is 41.0 Å². The lowest BCUT2D eigenvalue weighted by molar-refractivity contribution is -0.274. The Morgan fingerprint density at radius 1 is 1.19 bits per heavy atom. The van der Waals surface area contributed by atoms with Gasteiger partial charge in [-0.15, -0.1) is 0 Å². The van der Waals surface area contributed by atoms with Crippen molar-refractivity contribution in [3.63, 3.8) is 0 Å². The van der Waals surface area contributed by atoms with Crippen LogP contribution in [0, 0.1) is 16.7 Å². The molecule has 2 aliphatic carbocycles.